The van der Waals surface area contributed by atoms with Gasteiger partial charge in [0, 0.05) is 56.9 Å². The van der Waals surface area contributed by atoms with Crippen LogP contribution >= 0.6 is 0 Å². The molecule has 1 saturated heterocycles. The second-order valence-electron chi connectivity index (χ2n) is 8.15. The zero-order valence-corrected chi connectivity index (χ0v) is 19.1. The third-order valence-corrected chi connectivity index (χ3v) is 7.78. The van der Waals surface area contributed by atoms with Gasteiger partial charge in [0.2, 0.25) is 10.0 Å². The van der Waals surface area contributed by atoms with Crippen molar-refractivity contribution in [2.24, 2.45) is 0 Å². The Labute approximate surface area is 184 Å². The molecule has 0 aromatic heterocycles. The lowest BCUT2D eigenvalue weighted by atomic mass is 10.2. The summed E-state index contributed by atoms with van der Waals surface area (Å²) in [4.78, 5) is 17.1. The van der Waals surface area contributed by atoms with Crippen molar-refractivity contribution >= 4 is 15.9 Å². The lowest BCUT2D eigenvalue weighted by Gasteiger charge is -2.23. The van der Waals surface area contributed by atoms with Gasteiger partial charge in [-0.15, -0.1) is 0 Å². The van der Waals surface area contributed by atoms with E-state index in [9.17, 15) is 17.6 Å². The van der Waals surface area contributed by atoms with E-state index in [0.29, 0.717) is 37.3 Å². The number of nitrogens with zero attached hydrogens (tertiary/aromatic N) is 3. The van der Waals surface area contributed by atoms with Crippen LogP contribution in [0.15, 0.2) is 53.4 Å². The molecule has 1 aliphatic rings. The summed E-state index contributed by atoms with van der Waals surface area (Å²) in [5.74, 6) is -0.327. The summed E-state index contributed by atoms with van der Waals surface area (Å²) in [5, 5.41) is 0. The average Bonchev–Trinajstić information content (AvgIpc) is 3.00. The molecule has 8 heteroatoms. The molecular formula is C23H30FN3O3S. The maximum absolute atomic E-state index is 13.9. The van der Waals surface area contributed by atoms with Crippen molar-refractivity contribution in [2.45, 2.75) is 37.8 Å². The van der Waals surface area contributed by atoms with E-state index in [-0.39, 0.29) is 22.7 Å². The summed E-state index contributed by atoms with van der Waals surface area (Å²) in [6.45, 7) is 6.74. The molecule has 2 aromatic rings. The van der Waals surface area contributed by atoms with E-state index in [1.165, 1.54) is 22.5 Å². The molecule has 1 heterocycles. The van der Waals surface area contributed by atoms with Gasteiger partial charge in [-0.2, -0.15) is 4.31 Å². The number of rotatable bonds is 6. The molecule has 0 aliphatic carbocycles. The van der Waals surface area contributed by atoms with Crippen LogP contribution in [0.1, 0.15) is 36.2 Å². The maximum Gasteiger partial charge on any atom is 0.253 e. The normalized spacial score (nSPS) is 16.0. The number of hydrogen-bond acceptors (Lipinski definition) is 4. The Bertz CT molecular complexity index is 1010. The zero-order valence-electron chi connectivity index (χ0n) is 18.3. The first kappa shape index (κ1) is 23.4. The van der Waals surface area contributed by atoms with Crippen LogP contribution in [0, 0.1) is 5.82 Å². The van der Waals surface area contributed by atoms with Crippen molar-refractivity contribution in [1.82, 2.24) is 14.1 Å². The number of halogens is 1. The molecule has 1 amide bonds. The van der Waals surface area contributed by atoms with E-state index in [2.05, 4.69) is 4.90 Å². The van der Waals surface area contributed by atoms with E-state index < -0.39 is 10.0 Å². The van der Waals surface area contributed by atoms with Crippen LogP contribution in [-0.2, 0) is 16.6 Å². The number of carbonyl (C=O) groups excluding carboxylic acids is 1. The Kier molecular flexibility index (Phi) is 7.46. The molecule has 1 aliphatic heterocycles. The van der Waals surface area contributed by atoms with Gasteiger partial charge in [0.25, 0.3) is 5.91 Å². The van der Waals surface area contributed by atoms with Crippen LogP contribution in [0.4, 0.5) is 4.39 Å². The fourth-order valence-corrected chi connectivity index (χ4v) is 4.96. The summed E-state index contributed by atoms with van der Waals surface area (Å²) in [6, 6.07) is 12.7. The minimum absolute atomic E-state index is 0.117. The second kappa shape index (κ2) is 9.89. The number of sulfonamides is 1. The lowest BCUT2D eigenvalue weighted by molar-refractivity contribution is 0.0761. The van der Waals surface area contributed by atoms with E-state index in [4.69, 9.17) is 0 Å². The molecule has 0 spiro atoms. The molecule has 0 unspecified atom stereocenters. The van der Waals surface area contributed by atoms with Gasteiger partial charge in [0.15, 0.2) is 0 Å². The number of carbonyl (C=O) groups is 1. The van der Waals surface area contributed by atoms with E-state index in [0.717, 1.165) is 13.0 Å². The van der Waals surface area contributed by atoms with Crippen molar-refractivity contribution in [2.75, 3.05) is 33.2 Å². The van der Waals surface area contributed by atoms with Gasteiger partial charge in [0.1, 0.15) is 5.82 Å². The predicted molar refractivity (Wildman–Crippen MR) is 119 cm³/mol. The van der Waals surface area contributed by atoms with Crippen molar-refractivity contribution in [3.63, 3.8) is 0 Å². The van der Waals surface area contributed by atoms with Gasteiger partial charge < -0.3 is 4.90 Å². The number of benzene rings is 2. The van der Waals surface area contributed by atoms with Crippen LogP contribution in [-0.4, -0.2) is 67.7 Å². The molecule has 168 valence electrons. The van der Waals surface area contributed by atoms with Crippen LogP contribution < -0.4 is 0 Å². The highest BCUT2D eigenvalue weighted by molar-refractivity contribution is 7.89. The quantitative estimate of drug-likeness (QED) is 0.682. The standard InChI is InChI=1S/C23H30FN3O3S/c1-18(2)25(3)31(29,30)21-11-9-19(10-12-21)23(28)27-14-6-13-26(15-16-27)17-20-7-4-5-8-22(20)24/h4-5,7-12,18H,6,13-17H2,1-3H3. The maximum atomic E-state index is 13.9. The number of amides is 1. The third kappa shape index (κ3) is 5.50. The van der Waals surface area contributed by atoms with Crippen molar-refractivity contribution in [1.29, 1.82) is 0 Å². The molecule has 0 radical (unpaired) electrons. The topological polar surface area (TPSA) is 60.9 Å². The third-order valence-electron chi connectivity index (χ3n) is 5.73. The summed E-state index contributed by atoms with van der Waals surface area (Å²) in [7, 11) is -2.04. The minimum atomic E-state index is -3.58. The van der Waals surface area contributed by atoms with Crippen molar-refractivity contribution in [3.05, 3.63) is 65.5 Å². The monoisotopic (exact) mass is 447 g/mol. The Morgan fingerprint density at radius 2 is 1.71 bits per heavy atom. The van der Waals surface area contributed by atoms with E-state index in [1.54, 1.807) is 36.2 Å². The summed E-state index contributed by atoms with van der Waals surface area (Å²) in [6.07, 6.45) is 0.797. The largest absolute Gasteiger partial charge is 0.337 e. The molecule has 3 rings (SSSR count). The van der Waals surface area contributed by atoms with Crippen LogP contribution in [0.2, 0.25) is 0 Å². The smallest absolute Gasteiger partial charge is 0.253 e. The summed E-state index contributed by atoms with van der Waals surface area (Å²) in [5.41, 5.74) is 1.12. The van der Waals surface area contributed by atoms with Gasteiger partial charge in [-0.1, -0.05) is 18.2 Å². The lowest BCUT2D eigenvalue weighted by Crippen LogP contribution is -2.35. The molecule has 1 fully saturated rings. The van der Waals surface area contributed by atoms with Gasteiger partial charge >= 0.3 is 0 Å². The van der Waals surface area contributed by atoms with Crippen LogP contribution in [0.5, 0.6) is 0 Å². The molecule has 0 saturated carbocycles. The fourth-order valence-electron chi connectivity index (χ4n) is 3.60. The Balaban J connectivity index is 1.65. The highest BCUT2D eigenvalue weighted by atomic mass is 32.2. The predicted octanol–water partition coefficient (Wildman–Crippen LogP) is 3.20. The molecule has 2 aromatic carbocycles. The second-order valence-corrected chi connectivity index (χ2v) is 10.2. The fraction of sp³-hybridized carbons (Fsp3) is 0.435. The van der Waals surface area contributed by atoms with Gasteiger partial charge in [-0.25, -0.2) is 12.8 Å². The van der Waals surface area contributed by atoms with Crippen LogP contribution in [0.3, 0.4) is 0 Å². The highest BCUT2D eigenvalue weighted by Gasteiger charge is 2.25. The van der Waals surface area contributed by atoms with Gasteiger partial charge in [-0.3, -0.25) is 9.69 Å². The van der Waals surface area contributed by atoms with Crippen molar-refractivity contribution in [3.8, 4) is 0 Å². The molecule has 6 nitrogen and oxygen atoms in total. The SMILES string of the molecule is CC(C)N(C)S(=O)(=O)c1ccc(C(=O)N2CCCN(Cc3ccccc3F)CC2)cc1. The highest BCUT2D eigenvalue weighted by Crippen LogP contribution is 2.19. The molecule has 31 heavy (non-hydrogen) atoms. The van der Waals surface area contributed by atoms with Gasteiger partial charge in [-0.05, 0) is 50.6 Å². The minimum Gasteiger partial charge on any atom is -0.337 e. The van der Waals surface area contributed by atoms with Gasteiger partial charge in [0.05, 0.1) is 4.90 Å². The zero-order chi connectivity index (χ0) is 22.6. The number of hydrogen-bond donors (Lipinski definition) is 0. The van der Waals surface area contributed by atoms with Crippen LogP contribution in [0.25, 0.3) is 0 Å². The van der Waals surface area contributed by atoms with E-state index >= 15 is 0 Å². The summed E-state index contributed by atoms with van der Waals surface area (Å²) >= 11 is 0. The van der Waals surface area contributed by atoms with Crippen molar-refractivity contribution < 1.29 is 17.6 Å². The first-order chi connectivity index (χ1) is 14.7. The first-order valence-corrected chi connectivity index (χ1v) is 12.0. The molecular weight excluding hydrogens is 417 g/mol. The summed E-state index contributed by atoms with van der Waals surface area (Å²) < 4.78 is 40.5. The Morgan fingerprint density at radius 3 is 2.35 bits per heavy atom. The first-order valence-electron chi connectivity index (χ1n) is 10.5. The molecule has 0 N–H and O–H groups in total. The Morgan fingerprint density at radius 1 is 1.03 bits per heavy atom. The average molecular weight is 448 g/mol. The molecule has 0 atom stereocenters. The Hall–Kier alpha value is -2.29. The van der Waals surface area contributed by atoms with E-state index in [1.807, 2.05) is 19.9 Å². The molecule has 0 bridgehead atoms.